The van der Waals surface area contributed by atoms with Crippen LogP contribution in [0.25, 0.3) is 5.69 Å². The van der Waals surface area contributed by atoms with Gasteiger partial charge in [-0.15, -0.1) is 11.8 Å². The molecule has 2 aliphatic rings. The minimum atomic E-state index is -0.0147. The van der Waals surface area contributed by atoms with Crippen molar-refractivity contribution in [2.75, 3.05) is 24.6 Å². The fourth-order valence-electron chi connectivity index (χ4n) is 5.05. The van der Waals surface area contributed by atoms with Gasteiger partial charge in [-0.1, -0.05) is 48.2 Å². The van der Waals surface area contributed by atoms with Crippen LogP contribution in [0.4, 0.5) is 0 Å². The number of hydrogen-bond acceptors (Lipinski definition) is 5. The van der Waals surface area contributed by atoms with Gasteiger partial charge in [-0.2, -0.15) is 0 Å². The molecule has 0 bridgehead atoms. The Bertz CT molecular complexity index is 1260. The minimum absolute atomic E-state index is 0.0147. The van der Waals surface area contributed by atoms with E-state index in [0.717, 1.165) is 71.9 Å². The maximum absolute atomic E-state index is 13.4. The van der Waals surface area contributed by atoms with E-state index in [9.17, 15) is 9.59 Å². The van der Waals surface area contributed by atoms with Crippen molar-refractivity contribution in [3.63, 3.8) is 0 Å². The molecular weight excluding hydrogens is 474 g/mol. The van der Waals surface area contributed by atoms with Crippen molar-refractivity contribution in [1.82, 2.24) is 14.5 Å². The molecule has 7 heteroatoms. The highest BCUT2D eigenvalue weighted by atomic mass is 32.2. The van der Waals surface area contributed by atoms with Gasteiger partial charge in [0.1, 0.15) is 0 Å². The summed E-state index contributed by atoms with van der Waals surface area (Å²) >= 11 is 2.98. The largest absolute Gasteiger partial charge is 0.342 e. The fourth-order valence-corrected chi connectivity index (χ4v) is 7.00. The molecule has 0 radical (unpaired) electrons. The van der Waals surface area contributed by atoms with Crippen molar-refractivity contribution in [3.8, 4) is 5.69 Å². The maximum atomic E-state index is 13.4. The van der Waals surface area contributed by atoms with Gasteiger partial charge < -0.3 is 4.90 Å². The normalized spacial score (nSPS) is 15.9. The average molecular weight is 506 g/mol. The van der Waals surface area contributed by atoms with Crippen molar-refractivity contribution in [3.05, 3.63) is 81.3 Å². The number of thioether (sulfide) groups is 2. The van der Waals surface area contributed by atoms with Gasteiger partial charge in [-0.25, -0.2) is 4.98 Å². The second-order valence-electron chi connectivity index (χ2n) is 9.56. The van der Waals surface area contributed by atoms with E-state index in [-0.39, 0.29) is 11.5 Å². The van der Waals surface area contributed by atoms with E-state index in [1.165, 1.54) is 17.3 Å². The maximum Gasteiger partial charge on any atom is 0.272 e. The molecule has 182 valence electrons. The third-order valence-electron chi connectivity index (χ3n) is 6.79. The van der Waals surface area contributed by atoms with Gasteiger partial charge in [0.2, 0.25) is 5.91 Å². The number of aryl methyl sites for hydroxylation is 3. The van der Waals surface area contributed by atoms with Gasteiger partial charge in [0.25, 0.3) is 5.56 Å². The van der Waals surface area contributed by atoms with Crippen LogP contribution in [0.2, 0.25) is 0 Å². The number of carbonyl (C=O) groups is 1. The van der Waals surface area contributed by atoms with Crippen LogP contribution >= 0.6 is 23.5 Å². The molecule has 0 spiro atoms. The highest BCUT2D eigenvalue weighted by Crippen LogP contribution is 2.31. The van der Waals surface area contributed by atoms with Crippen LogP contribution in [0.3, 0.4) is 0 Å². The van der Waals surface area contributed by atoms with E-state index in [2.05, 4.69) is 36.4 Å². The summed E-state index contributed by atoms with van der Waals surface area (Å²) in [5.74, 6) is 1.94. The van der Waals surface area contributed by atoms with Crippen LogP contribution in [0.5, 0.6) is 0 Å². The fraction of sp³-hybridized carbons (Fsp3) is 0.393. The van der Waals surface area contributed by atoms with Gasteiger partial charge in [0.05, 0.1) is 22.0 Å². The van der Waals surface area contributed by atoms with Crippen molar-refractivity contribution >= 4 is 29.4 Å². The van der Waals surface area contributed by atoms with E-state index in [4.69, 9.17) is 4.98 Å². The van der Waals surface area contributed by atoms with Gasteiger partial charge in [-0.3, -0.25) is 14.2 Å². The van der Waals surface area contributed by atoms with E-state index >= 15 is 0 Å². The van der Waals surface area contributed by atoms with Gasteiger partial charge in [-0.05, 0) is 67.9 Å². The summed E-state index contributed by atoms with van der Waals surface area (Å²) in [7, 11) is 0. The summed E-state index contributed by atoms with van der Waals surface area (Å²) in [6, 6.07) is 16.7. The monoisotopic (exact) mass is 505 g/mol. The number of hydrogen-bond donors (Lipinski definition) is 0. The number of fused-ring (bicyclic) bond motifs is 1. The molecule has 0 atom stereocenters. The Kier molecular flexibility index (Phi) is 7.35. The molecule has 0 saturated carbocycles. The molecule has 0 N–H and O–H groups in total. The summed E-state index contributed by atoms with van der Waals surface area (Å²) in [5.41, 5.74) is 5.26. The lowest BCUT2D eigenvalue weighted by atomic mass is 9.90. The first kappa shape index (κ1) is 24.2. The first-order valence-electron chi connectivity index (χ1n) is 12.3. The molecule has 3 heterocycles. The molecule has 5 rings (SSSR count). The zero-order chi connectivity index (χ0) is 24.4. The zero-order valence-corrected chi connectivity index (χ0v) is 22.0. The van der Waals surface area contributed by atoms with Crippen LogP contribution in [0.15, 0.2) is 63.4 Å². The number of carbonyl (C=O) groups excluding carboxylic acids is 1. The molecule has 2 aliphatic heterocycles. The van der Waals surface area contributed by atoms with Crippen molar-refractivity contribution in [2.45, 2.75) is 49.6 Å². The predicted octanol–water partition coefficient (Wildman–Crippen LogP) is 5.07. The topological polar surface area (TPSA) is 55.2 Å². The molecule has 1 amide bonds. The second-order valence-corrected chi connectivity index (χ2v) is 11.6. The number of amides is 1. The SMILES string of the molecule is Cc1cc(C)cc(-n2c(SCC(=O)N3CCC(Cc4ccccc4)CC3)nc3c(c2=O)SCC3)c1. The Balaban J connectivity index is 1.29. The number of rotatable bonds is 6. The van der Waals surface area contributed by atoms with Crippen molar-refractivity contribution in [1.29, 1.82) is 0 Å². The predicted molar refractivity (Wildman–Crippen MR) is 144 cm³/mol. The number of benzene rings is 2. The smallest absolute Gasteiger partial charge is 0.272 e. The van der Waals surface area contributed by atoms with Crippen LogP contribution in [0.1, 0.15) is 35.2 Å². The average Bonchev–Trinajstić information content (AvgIpc) is 3.32. The molecule has 0 aliphatic carbocycles. The van der Waals surface area contributed by atoms with E-state index < -0.39 is 0 Å². The molecule has 1 saturated heterocycles. The quantitative estimate of drug-likeness (QED) is 0.346. The third-order valence-corrected chi connectivity index (χ3v) is 8.82. The highest BCUT2D eigenvalue weighted by Gasteiger charge is 2.26. The van der Waals surface area contributed by atoms with Crippen molar-refractivity contribution in [2.24, 2.45) is 5.92 Å². The standard InChI is InChI=1S/C28H31N3O2S2/c1-19-14-20(2)16-23(15-19)31-27(33)26-24(10-13-34-26)29-28(31)35-18-25(32)30-11-8-22(9-12-30)17-21-6-4-3-5-7-21/h3-7,14-16,22H,8-13,17-18H2,1-2H3. The van der Waals surface area contributed by atoms with Crippen LogP contribution in [0, 0.1) is 19.8 Å². The third kappa shape index (κ3) is 5.51. The Morgan fingerprint density at radius 2 is 1.80 bits per heavy atom. The lowest BCUT2D eigenvalue weighted by Gasteiger charge is -2.32. The lowest BCUT2D eigenvalue weighted by Crippen LogP contribution is -2.40. The summed E-state index contributed by atoms with van der Waals surface area (Å²) in [5, 5.41) is 0.619. The number of piperidine rings is 1. The van der Waals surface area contributed by atoms with Gasteiger partial charge in [0.15, 0.2) is 5.16 Å². The lowest BCUT2D eigenvalue weighted by molar-refractivity contribution is -0.129. The van der Waals surface area contributed by atoms with E-state index in [1.54, 1.807) is 16.3 Å². The van der Waals surface area contributed by atoms with Crippen LogP contribution in [-0.2, 0) is 17.6 Å². The molecule has 1 fully saturated rings. The Morgan fingerprint density at radius 3 is 2.51 bits per heavy atom. The molecule has 3 aromatic rings. The highest BCUT2D eigenvalue weighted by molar-refractivity contribution is 8.00. The number of nitrogens with zero attached hydrogens (tertiary/aromatic N) is 3. The molecule has 0 unspecified atom stereocenters. The Hall–Kier alpha value is -2.51. The molecule has 5 nitrogen and oxygen atoms in total. The summed E-state index contributed by atoms with van der Waals surface area (Å²) < 4.78 is 1.71. The molecule has 1 aromatic heterocycles. The number of aromatic nitrogens is 2. The first-order chi connectivity index (χ1) is 17.0. The Morgan fingerprint density at radius 1 is 1.09 bits per heavy atom. The first-order valence-corrected chi connectivity index (χ1v) is 14.3. The van der Waals surface area contributed by atoms with Crippen molar-refractivity contribution < 1.29 is 4.79 Å². The second kappa shape index (κ2) is 10.6. The van der Waals surface area contributed by atoms with E-state index in [1.807, 2.05) is 30.9 Å². The minimum Gasteiger partial charge on any atom is -0.342 e. The summed E-state index contributed by atoms with van der Waals surface area (Å²) in [6.45, 7) is 5.67. The van der Waals surface area contributed by atoms with Gasteiger partial charge >= 0.3 is 0 Å². The summed E-state index contributed by atoms with van der Waals surface area (Å²) in [4.78, 5) is 34.1. The summed E-state index contributed by atoms with van der Waals surface area (Å²) in [6.07, 6.45) is 3.95. The molecule has 35 heavy (non-hydrogen) atoms. The molecular formula is C28H31N3O2S2. The van der Waals surface area contributed by atoms with Crippen LogP contribution in [-0.4, -0.2) is 45.0 Å². The molecule has 2 aromatic carbocycles. The number of likely N-dealkylation sites (tertiary alicyclic amines) is 1. The zero-order valence-electron chi connectivity index (χ0n) is 20.3. The van der Waals surface area contributed by atoms with Crippen LogP contribution < -0.4 is 5.56 Å². The van der Waals surface area contributed by atoms with Gasteiger partial charge in [0, 0.05) is 25.3 Å². The van der Waals surface area contributed by atoms with E-state index in [0.29, 0.717) is 16.8 Å². The Labute approximate surface area is 215 Å².